The van der Waals surface area contributed by atoms with Gasteiger partial charge in [0.05, 0.1) is 6.10 Å². The Morgan fingerprint density at radius 1 is 1.21 bits per heavy atom. The third-order valence-corrected chi connectivity index (χ3v) is 3.28. The van der Waals surface area contributed by atoms with Gasteiger partial charge in [-0.2, -0.15) is 0 Å². The molecule has 100 valence electrons. The Hall–Kier alpha value is -1.87. The predicted octanol–water partition coefficient (Wildman–Crippen LogP) is 3.18. The van der Waals surface area contributed by atoms with E-state index in [-0.39, 0.29) is 12.1 Å². The van der Waals surface area contributed by atoms with E-state index < -0.39 is 6.04 Å². The molecular formula is C16H19NO2. The number of hydrogen-bond donors (Lipinski definition) is 1. The lowest BCUT2D eigenvalue weighted by molar-refractivity contribution is -0.150. The summed E-state index contributed by atoms with van der Waals surface area (Å²) in [5.41, 5.74) is 6.74. The molecule has 0 spiro atoms. The predicted molar refractivity (Wildman–Crippen MR) is 76.7 cm³/mol. The minimum absolute atomic E-state index is 0.0981. The zero-order valence-corrected chi connectivity index (χ0v) is 11.3. The molecule has 2 aromatic carbocycles. The van der Waals surface area contributed by atoms with Crippen LogP contribution in [0.15, 0.2) is 42.5 Å². The third kappa shape index (κ3) is 3.12. The Morgan fingerprint density at radius 2 is 1.89 bits per heavy atom. The first-order valence-electron chi connectivity index (χ1n) is 6.56. The van der Waals surface area contributed by atoms with E-state index in [0.29, 0.717) is 0 Å². The largest absolute Gasteiger partial charge is 0.461 e. The van der Waals surface area contributed by atoms with E-state index in [1.165, 1.54) is 0 Å². The molecule has 0 bridgehead atoms. The molecular weight excluding hydrogens is 238 g/mol. The maximum absolute atomic E-state index is 11.9. The molecule has 2 N–H and O–H groups in total. The molecule has 0 aliphatic rings. The molecule has 3 heteroatoms. The zero-order chi connectivity index (χ0) is 13.8. The molecule has 0 fully saturated rings. The molecule has 0 aromatic heterocycles. The first kappa shape index (κ1) is 13.6. The van der Waals surface area contributed by atoms with Crippen molar-refractivity contribution in [2.24, 2.45) is 5.73 Å². The van der Waals surface area contributed by atoms with Gasteiger partial charge in [0, 0.05) is 0 Å². The summed E-state index contributed by atoms with van der Waals surface area (Å²) in [6.07, 6.45) is 0.690. The summed E-state index contributed by atoms with van der Waals surface area (Å²) in [5, 5.41) is 2.21. The van der Waals surface area contributed by atoms with E-state index in [9.17, 15) is 4.79 Å². The van der Waals surface area contributed by atoms with Crippen LogP contribution in [-0.4, -0.2) is 12.1 Å². The number of carbonyl (C=O) groups excluding carboxylic acids is 1. The van der Waals surface area contributed by atoms with Crippen LogP contribution in [0, 0.1) is 0 Å². The van der Waals surface area contributed by atoms with Crippen molar-refractivity contribution in [1.82, 2.24) is 0 Å². The molecule has 0 radical (unpaired) electrons. The quantitative estimate of drug-likeness (QED) is 0.856. The van der Waals surface area contributed by atoms with Crippen LogP contribution in [0.1, 0.15) is 31.9 Å². The second kappa shape index (κ2) is 5.85. The van der Waals surface area contributed by atoms with Gasteiger partial charge >= 0.3 is 5.97 Å². The SMILES string of the molecule is CCC(C)OC(=O)C(N)c1ccc2ccccc2c1. The molecule has 0 saturated carbocycles. The first-order valence-corrected chi connectivity index (χ1v) is 6.56. The van der Waals surface area contributed by atoms with Gasteiger partial charge in [0.25, 0.3) is 0 Å². The van der Waals surface area contributed by atoms with Gasteiger partial charge < -0.3 is 10.5 Å². The average molecular weight is 257 g/mol. The lowest BCUT2D eigenvalue weighted by Crippen LogP contribution is -2.26. The second-order valence-corrected chi connectivity index (χ2v) is 4.74. The minimum atomic E-state index is -0.724. The van der Waals surface area contributed by atoms with Crippen molar-refractivity contribution in [3.05, 3.63) is 48.0 Å². The smallest absolute Gasteiger partial charge is 0.327 e. The van der Waals surface area contributed by atoms with Crippen LogP contribution in [0.2, 0.25) is 0 Å². The fourth-order valence-electron chi connectivity index (χ4n) is 1.89. The van der Waals surface area contributed by atoms with Crippen molar-refractivity contribution < 1.29 is 9.53 Å². The number of hydrogen-bond acceptors (Lipinski definition) is 3. The Labute approximate surface area is 113 Å². The maximum Gasteiger partial charge on any atom is 0.327 e. The summed E-state index contributed by atoms with van der Waals surface area (Å²) in [5.74, 6) is -0.371. The Morgan fingerprint density at radius 3 is 2.58 bits per heavy atom. The van der Waals surface area contributed by atoms with Gasteiger partial charge in [-0.3, -0.25) is 0 Å². The molecule has 2 unspecified atom stereocenters. The van der Waals surface area contributed by atoms with Crippen molar-refractivity contribution in [1.29, 1.82) is 0 Å². The summed E-state index contributed by atoms with van der Waals surface area (Å²) < 4.78 is 5.26. The number of nitrogens with two attached hydrogens (primary N) is 1. The monoisotopic (exact) mass is 257 g/mol. The zero-order valence-electron chi connectivity index (χ0n) is 11.3. The van der Waals surface area contributed by atoms with Gasteiger partial charge in [-0.05, 0) is 35.7 Å². The Kier molecular flexibility index (Phi) is 4.17. The summed E-state index contributed by atoms with van der Waals surface area (Å²) in [7, 11) is 0. The van der Waals surface area contributed by atoms with Gasteiger partial charge in [0.1, 0.15) is 6.04 Å². The summed E-state index contributed by atoms with van der Waals surface area (Å²) in [6, 6.07) is 13.1. The highest BCUT2D eigenvalue weighted by Crippen LogP contribution is 2.20. The first-order chi connectivity index (χ1) is 9.11. The van der Waals surface area contributed by atoms with Crippen molar-refractivity contribution in [3.63, 3.8) is 0 Å². The summed E-state index contributed by atoms with van der Waals surface area (Å²) in [4.78, 5) is 11.9. The molecule has 0 aliphatic carbocycles. The molecule has 2 aromatic rings. The third-order valence-electron chi connectivity index (χ3n) is 3.28. The van der Waals surface area contributed by atoms with E-state index >= 15 is 0 Å². The molecule has 2 rings (SSSR count). The number of carbonyl (C=O) groups is 1. The molecule has 19 heavy (non-hydrogen) atoms. The average Bonchev–Trinajstić information content (AvgIpc) is 2.45. The second-order valence-electron chi connectivity index (χ2n) is 4.74. The molecule has 0 saturated heterocycles. The maximum atomic E-state index is 11.9. The van der Waals surface area contributed by atoms with Crippen LogP contribution in [0.3, 0.4) is 0 Å². The van der Waals surface area contributed by atoms with Crippen LogP contribution in [0.5, 0.6) is 0 Å². The van der Waals surface area contributed by atoms with Gasteiger partial charge in [-0.15, -0.1) is 0 Å². The number of benzene rings is 2. The standard InChI is InChI=1S/C16H19NO2/c1-3-11(2)19-16(18)15(17)14-9-8-12-6-4-5-7-13(12)10-14/h4-11,15H,3,17H2,1-2H3. The molecule has 0 amide bonds. The van der Waals surface area contributed by atoms with E-state index in [1.54, 1.807) is 0 Å². The lowest BCUT2D eigenvalue weighted by atomic mass is 10.0. The van der Waals surface area contributed by atoms with Gasteiger partial charge in [-0.25, -0.2) is 4.79 Å². The normalized spacial score (nSPS) is 14.1. The van der Waals surface area contributed by atoms with Gasteiger partial charge in [0.2, 0.25) is 0 Å². The Bertz CT molecular complexity index is 580. The summed E-state index contributed by atoms with van der Waals surface area (Å²) >= 11 is 0. The van der Waals surface area contributed by atoms with Crippen LogP contribution in [0.4, 0.5) is 0 Å². The van der Waals surface area contributed by atoms with Crippen LogP contribution >= 0.6 is 0 Å². The molecule has 2 atom stereocenters. The van der Waals surface area contributed by atoms with Crippen molar-refractivity contribution >= 4 is 16.7 Å². The van der Waals surface area contributed by atoms with Gasteiger partial charge in [0.15, 0.2) is 0 Å². The number of esters is 1. The molecule has 3 nitrogen and oxygen atoms in total. The van der Waals surface area contributed by atoms with Crippen LogP contribution in [-0.2, 0) is 9.53 Å². The van der Waals surface area contributed by atoms with Crippen LogP contribution in [0.25, 0.3) is 10.8 Å². The van der Waals surface area contributed by atoms with Crippen molar-refractivity contribution in [2.75, 3.05) is 0 Å². The lowest BCUT2D eigenvalue weighted by Gasteiger charge is -2.16. The van der Waals surface area contributed by atoms with E-state index in [4.69, 9.17) is 10.5 Å². The highest BCUT2D eigenvalue weighted by atomic mass is 16.5. The topological polar surface area (TPSA) is 52.3 Å². The number of rotatable bonds is 4. The van der Waals surface area contributed by atoms with E-state index in [0.717, 1.165) is 22.8 Å². The summed E-state index contributed by atoms with van der Waals surface area (Å²) in [6.45, 7) is 3.84. The van der Waals surface area contributed by atoms with Crippen LogP contribution < -0.4 is 5.73 Å². The minimum Gasteiger partial charge on any atom is -0.461 e. The van der Waals surface area contributed by atoms with Crippen molar-refractivity contribution in [3.8, 4) is 0 Å². The number of fused-ring (bicyclic) bond motifs is 1. The highest BCUT2D eigenvalue weighted by Gasteiger charge is 2.19. The van der Waals surface area contributed by atoms with E-state index in [2.05, 4.69) is 0 Å². The fourth-order valence-corrected chi connectivity index (χ4v) is 1.89. The van der Waals surface area contributed by atoms with E-state index in [1.807, 2.05) is 56.3 Å². The van der Waals surface area contributed by atoms with Gasteiger partial charge in [-0.1, -0.05) is 43.3 Å². The Balaban J connectivity index is 2.21. The fraction of sp³-hybridized carbons (Fsp3) is 0.312. The number of ether oxygens (including phenoxy) is 1. The molecule has 0 aliphatic heterocycles. The molecule has 0 heterocycles. The highest BCUT2D eigenvalue weighted by molar-refractivity contribution is 5.85. The van der Waals surface area contributed by atoms with Crippen molar-refractivity contribution in [2.45, 2.75) is 32.4 Å².